The average Bonchev–Trinajstić information content (AvgIpc) is 2.83. The van der Waals surface area contributed by atoms with E-state index in [0.29, 0.717) is 6.54 Å². The molecule has 0 spiro atoms. The summed E-state index contributed by atoms with van der Waals surface area (Å²) in [6, 6.07) is 14.9. The molecule has 1 fully saturated rings. The van der Waals surface area contributed by atoms with Crippen molar-refractivity contribution in [1.82, 2.24) is 10.2 Å². The van der Waals surface area contributed by atoms with Crippen molar-refractivity contribution in [2.45, 2.75) is 26.8 Å². The Morgan fingerprint density at radius 3 is 2.14 bits per heavy atom. The van der Waals surface area contributed by atoms with Gasteiger partial charge in [0.05, 0.1) is 11.5 Å². The number of piperazine rings is 1. The van der Waals surface area contributed by atoms with Gasteiger partial charge in [-0.25, -0.2) is 4.39 Å². The van der Waals surface area contributed by atoms with Gasteiger partial charge in [-0.15, -0.1) is 0 Å². The summed E-state index contributed by atoms with van der Waals surface area (Å²) in [5.74, 6) is -0.958. The number of benzene rings is 2. The summed E-state index contributed by atoms with van der Waals surface area (Å²) < 4.78 is 18.5. The smallest absolute Gasteiger partial charge is 0.311 e. The minimum atomic E-state index is -0.652. The van der Waals surface area contributed by atoms with E-state index in [4.69, 9.17) is 4.74 Å². The van der Waals surface area contributed by atoms with Crippen LogP contribution >= 0.6 is 0 Å². The normalized spacial score (nSPS) is 15.4. The molecule has 7 nitrogen and oxygen atoms in total. The van der Waals surface area contributed by atoms with Crippen LogP contribution in [0.5, 0.6) is 0 Å². The van der Waals surface area contributed by atoms with Gasteiger partial charge in [-0.1, -0.05) is 12.1 Å². The zero-order valence-electron chi connectivity index (χ0n) is 21.4. The maximum absolute atomic E-state index is 13.3. The maximum Gasteiger partial charge on any atom is 0.311 e. The van der Waals surface area contributed by atoms with Crippen molar-refractivity contribution in [1.29, 1.82) is 0 Å². The van der Waals surface area contributed by atoms with Crippen molar-refractivity contribution in [3.8, 4) is 0 Å². The number of hydrogen-bond acceptors (Lipinski definition) is 6. The fraction of sp³-hybridized carbons (Fsp3) is 0.481. The molecular weight excluding hydrogens is 447 g/mol. The van der Waals surface area contributed by atoms with Crippen molar-refractivity contribution in [3.63, 3.8) is 0 Å². The van der Waals surface area contributed by atoms with Crippen LogP contribution in [-0.4, -0.2) is 70.2 Å². The molecule has 0 radical (unpaired) electrons. The molecule has 0 saturated carbocycles. The van der Waals surface area contributed by atoms with Crippen LogP contribution in [0.4, 0.5) is 15.8 Å². The molecule has 8 heteroatoms. The van der Waals surface area contributed by atoms with Crippen LogP contribution in [0, 0.1) is 11.2 Å². The molecule has 1 aliphatic heterocycles. The maximum atomic E-state index is 13.3. The summed E-state index contributed by atoms with van der Waals surface area (Å²) in [6.45, 7) is 8.58. The molecule has 0 bridgehead atoms. The number of rotatable bonds is 8. The highest BCUT2D eigenvalue weighted by molar-refractivity contribution is 5.82. The summed E-state index contributed by atoms with van der Waals surface area (Å²) in [4.78, 5) is 31.1. The molecule has 35 heavy (non-hydrogen) atoms. The molecule has 1 amide bonds. The molecule has 0 aliphatic carbocycles. The van der Waals surface area contributed by atoms with Gasteiger partial charge in [0.2, 0.25) is 0 Å². The number of ether oxygens (including phenoxy) is 1. The largest absolute Gasteiger partial charge is 0.455 e. The highest BCUT2D eigenvalue weighted by Gasteiger charge is 2.27. The number of esters is 1. The molecule has 2 aromatic rings. The first-order chi connectivity index (χ1) is 16.5. The van der Waals surface area contributed by atoms with E-state index in [1.165, 1.54) is 12.1 Å². The van der Waals surface area contributed by atoms with Crippen molar-refractivity contribution in [3.05, 3.63) is 59.9 Å². The summed E-state index contributed by atoms with van der Waals surface area (Å²) in [6.07, 6.45) is 0. The molecule has 3 rings (SSSR count). The number of nitrogens with zero attached hydrogens (tertiary/aromatic N) is 3. The van der Waals surface area contributed by atoms with Gasteiger partial charge in [0.25, 0.3) is 5.91 Å². The molecule has 1 atom stereocenters. The zero-order chi connectivity index (χ0) is 25.6. The number of anilines is 2. The monoisotopic (exact) mass is 484 g/mol. The Labute approximate surface area is 207 Å². The van der Waals surface area contributed by atoms with Crippen molar-refractivity contribution in [2.24, 2.45) is 5.41 Å². The Morgan fingerprint density at radius 1 is 1.00 bits per heavy atom. The van der Waals surface area contributed by atoms with Crippen molar-refractivity contribution < 1.29 is 18.7 Å². The Bertz CT molecular complexity index is 979. The van der Waals surface area contributed by atoms with Crippen LogP contribution in [0.1, 0.15) is 32.4 Å². The summed E-state index contributed by atoms with van der Waals surface area (Å²) in [5.41, 5.74) is 2.57. The fourth-order valence-electron chi connectivity index (χ4n) is 4.01. The molecule has 1 aliphatic rings. The minimum absolute atomic E-state index is 0.0242. The molecule has 1 N–H and O–H groups in total. The minimum Gasteiger partial charge on any atom is -0.455 e. The van der Waals surface area contributed by atoms with E-state index in [0.717, 1.165) is 43.1 Å². The summed E-state index contributed by atoms with van der Waals surface area (Å²) >= 11 is 0. The lowest BCUT2D eigenvalue weighted by Gasteiger charge is -2.40. The number of carbonyl (C=O) groups is 2. The lowest BCUT2D eigenvalue weighted by Crippen LogP contribution is -2.50. The predicted octanol–water partition coefficient (Wildman–Crippen LogP) is 3.46. The fourth-order valence-corrected chi connectivity index (χ4v) is 4.01. The van der Waals surface area contributed by atoms with E-state index in [1.54, 1.807) is 20.8 Å². The first-order valence-corrected chi connectivity index (χ1v) is 12.0. The number of halogens is 1. The molecule has 190 valence electrons. The van der Waals surface area contributed by atoms with Crippen LogP contribution < -0.4 is 15.1 Å². The van der Waals surface area contributed by atoms with E-state index in [9.17, 15) is 14.0 Å². The standard InChI is InChI=1S/C27H37FN4O3/c1-27(2,3)26(34)35-19-25(33)29-18-24(20-6-10-22(11-7-20)30(4)5)32-16-14-31(15-17-32)23-12-8-21(28)9-13-23/h6-13,24H,14-19H2,1-5H3,(H,29,33). The van der Waals surface area contributed by atoms with Gasteiger partial charge >= 0.3 is 5.97 Å². The van der Waals surface area contributed by atoms with Gasteiger partial charge in [-0.05, 0) is 62.7 Å². The lowest BCUT2D eigenvalue weighted by atomic mass is 9.97. The molecule has 1 saturated heterocycles. The Balaban J connectivity index is 1.66. The van der Waals surface area contributed by atoms with E-state index in [1.807, 2.05) is 31.1 Å². The second-order valence-corrected chi connectivity index (χ2v) is 10.1. The van der Waals surface area contributed by atoms with Gasteiger partial charge in [0, 0.05) is 58.2 Å². The first-order valence-electron chi connectivity index (χ1n) is 12.0. The van der Waals surface area contributed by atoms with E-state index in [2.05, 4.69) is 39.4 Å². The predicted molar refractivity (Wildman–Crippen MR) is 137 cm³/mol. The van der Waals surface area contributed by atoms with Crippen LogP contribution in [0.15, 0.2) is 48.5 Å². The van der Waals surface area contributed by atoms with Crippen LogP contribution in [0.2, 0.25) is 0 Å². The molecule has 1 heterocycles. The number of hydrogen-bond donors (Lipinski definition) is 1. The Kier molecular flexibility index (Phi) is 8.72. The summed E-state index contributed by atoms with van der Waals surface area (Å²) in [5, 5.41) is 2.95. The Hall–Kier alpha value is -3.13. The Morgan fingerprint density at radius 2 is 1.60 bits per heavy atom. The number of carbonyl (C=O) groups excluding carboxylic acids is 2. The first kappa shape index (κ1) is 26.5. The molecule has 2 aromatic carbocycles. The highest BCUT2D eigenvalue weighted by Crippen LogP contribution is 2.26. The topological polar surface area (TPSA) is 65.1 Å². The molecule has 0 aromatic heterocycles. The lowest BCUT2D eigenvalue weighted by molar-refractivity contribution is -0.156. The van der Waals surface area contributed by atoms with E-state index >= 15 is 0 Å². The van der Waals surface area contributed by atoms with Crippen LogP contribution in [0.3, 0.4) is 0 Å². The van der Waals surface area contributed by atoms with Gasteiger partial charge in [-0.2, -0.15) is 0 Å². The van der Waals surface area contributed by atoms with Gasteiger partial charge < -0.3 is 19.9 Å². The molecular formula is C27H37FN4O3. The number of amides is 1. The quantitative estimate of drug-likeness (QED) is 0.579. The van der Waals surface area contributed by atoms with E-state index in [-0.39, 0.29) is 24.4 Å². The van der Waals surface area contributed by atoms with Crippen LogP contribution in [0.25, 0.3) is 0 Å². The third-order valence-corrected chi connectivity index (χ3v) is 6.18. The second kappa shape index (κ2) is 11.5. The zero-order valence-corrected chi connectivity index (χ0v) is 21.4. The molecule has 1 unspecified atom stereocenters. The van der Waals surface area contributed by atoms with Crippen LogP contribution in [-0.2, 0) is 14.3 Å². The third kappa shape index (κ3) is 7.42. The average molecular weight is 485 g/mol. The van der Waals surface area contributed by atoms with Crippen molar-refractivity contribution >= 4 is 23.3 Å². The number of nitrogens with one attached hydrogen (secondary N) is 1. The SMILES string of the molecule is CN(C)c1ccc(C(CNC(=O)COC(=O)C(C)(C)C)N2CCN(c3ccc(F)cc3)CC2)cc1. The van der Waals surface area contributed by atoms with Crippen molar-refractivity contribution in [2.75, 3.05) is 63.2 Å². The van der Waals surface area contributed by atoms with Gasteiger partial charge in [-0.3, -0.25) is 14.5 Å². The summed E-state index contributed by atoms with van der Waals surface area (Å²) in [7, 11) is 4.00. The van der Waals surface area contributed by atoms with Gasteiger partial charge in [0.1, 0.15) is 5.82 Å². The van der Waals surface area contributed by atoms with Gasteiger partial charge in [0.15, 0.2) is 6.61 Å². The second-order valence-electron chi connectivity index (χ2n) is 10.1. The van der Waals surface area contributed by atoms with E-state index < -0.39 is 11.4 Å². The third-order valence-electron chi connectivity index (χ3n) is 6.18. The highest BCUT2D eigenvalue weighted by atomic mass is 19.1.